The van der Waals surface area contributed by atoms with Crippen LogP contribution in [0.15, 0.2) is 24.3 Å². The fraction of sp³-hybridized carbons (Fsp3) is 0.533. The van der Waals surface area contributed by atoms with E-state index >= 15 is 0 Å². The van der Waals surface area contributed by atoms with E-state index in [9.17, 15) is 4.79 Å². The van der Waals surface area contributed by atoms with Gasteiger partial charge in [0.25, 0.3) is 0 Å². The number of benzene rings is 1. The first-order valence-corrected chi connectivity index (χ1v) is 6.81. The van der Waals surface area contributed by atoms with Gasteiger partial charge in [-0.2, -0.15) is 0 Å². The molecule has 0 heterocycles. The minimum atomic E-state index is -0.347. The lowest BCUT2D eigenvalue weighted by atomic mass is 9.89. The van der Waals surface area contributed by atoms with Crippen molar-refractivity contribution in [1.29, 1.82) is 0 Å². The average molecular weight is 268 g/mol. The van der Waals surface area contributed by atoms with Crippen molar-refractivity contribution in [3.05, 3.63) is 35.4 Å². The van der Waals surface area contributed by atoms with Crippen LogP contribution in [0.1, 0.15) is 50.7 Å². The molecular formula is C15H22ClNO. The zero-order chi connectivity index (χ0) is 13.9. The van der Waals surface area contributed by atoms with Crippen molar-refractivity contribution in [2.75, 3.05) is 0 Å². The van der Waals surface area contributed by atoms with Crippen LogP contribution in [0.5, 0.6) is 0 Å². The summed E-state index contributed by atoms with van der Waals surface area (Å²) in [6.45, 7) is 8.14. The third-order valence-corrected chi connectivity index (χ3v) is 4.29. The lowest BCUT2D eigenvalue weighted by Crippen LogP contribution is -2.31. The van der Waals surface area contributed by atoms with Gasteiger partial charge in [-0.1, -0.05) is 52.0 Å². The molecule has 0 bridgehead atoms. The molecule has 3 atom stereocenters. The standard InChI is InChI=1S/C15H22ClNO/c1-9(2)12-5-7-13(8-6-12)10(3)14(16)11(4)15(17)18/h5-11,14H,1-4H3,(H2,17,18). The molecule has 0 aromatic heterocycles. The molecule has 0 fully saturated rings. The van der Waals surface area contributed by atoms with Crippen LogP contribution in [-0.4, -0.2) is 11.3 Å². The predicted octanol–water partition coefficient (Wildman–Crippen LogP) is 3.64. The van der Waals surface area contributed by atoms with E-state index in [0.717, 1.165) is 5.56 Å². The van der Waals surface area contributed by atoms with Crippen molar-refractivity contribution >= 4 is 17.5 Å². The molecule has 1 aromatic rings. The van der Waals surface area contributed by atoms with Crippen LogP contribution in [-0.2, 0) is 4.79 Å². The van der Waals surface area contributed by atoms with Crippen molar-refractivity contribution in [2.24, 2.45) is 11.7 Å². The Bertz CT molecular complexity index is 399. The number of carbonyl (C=O) groups excluding carboxylic acids is 1. The maximum absolute atomic E-state index is 11.2. The fourth-order valence-electron chi connectivity index (χ4n) is 1.96. The fourth-order valence-corrected chi connectivity index (χ4v) is 2.23. The van der Waals surface area contributed by atoms with Crippen molar-refractivity contribution in [2.45, 2.75) is 44.9 Å². The van der Waals surface area contributed by atoms with Crippen LogP contribution in [0.2, 0.25) is 0 Å². The molecule has 1 rings (SSSR count). The molecule has 0 aliphatic rings. The van der Waals surface area contributed by atoms with Gasteiger partial charge < -0.3 is 5.73 Å². The van der Waals surface area contributed by atoms with Crippen LogP contribution >= 0.6 is 11.6 Å². The quantitative estimate of drug-likeness (QED) is 0.813. The van der Waals surface area contributed by atoms with E-state index in [1.54, 1.807) is 6.92 Å². The first-order chi connectivity index (χ1) is 8.34. The van der Waals surface area contributed by atoms with E-state index in [4.69, 9.17) is 17.3 Å². The highest BCUT2D eigenvalue weighted by Gasteiger charge is 2.26. The van der Waals surface area contributed by atoms with Crippen LogP contribution in [0.25, 0.3) is 0 Å². The first-order valence-electron chi connectivity index (χ1n) is 6.37. The van der Waals surface area contributed by atoms with E-state index in [0.29, 0.717) is 5.92 Å². The van der Waals surface area contributed by atoms with Gasteiger partial charge in [0.2, 0.25) is 5.91 Å². The molecule has 0 saturated heterocycles. The van der Waals surface area contributed by atoms with Crippen LogP contribution in [0, 0.1) is 5.92 Å². The van der Waals surface area contributed by atoms with Gasteiger partial charge in [0.1, 0.15) is 0 Å². The van der Waals surface area contributed by atoms with Gasteiger partial charge in [0, 0.05) is 0 Å². The summed E-state index contributed by atoms with van der Waals surface area (Å²) in [6.07, 6.45) is 0. The number of hydrogen-bond acceptors (Lipinski definition) is 1. The second-order valence-electron chi connectivity index (χ2n) is 5.25. The molecule has 3 unspecified atom stereocenters. The third kappa shape index (κ3) is 3.49. The van der Waals surface area contributed by atoms with E-state index in [1.807, 2.05) is 6.92 Å². The van der Waals surface area contributed by atoms with Crippen LogP contribution in [0.3, 0.4) is 0 Å². The highest BCUT2D eigenvalue weighted by Crippen LogP contribution is 2.29. The number of carbonyl (C=O) groups is 1. The van der Waals surface area contributed by atoms with Crippen molar-refractivity contribution in [3.8, 4) is 0 Å². The molecule has 18 heavy (non-hydrogen) atoms. The summed E-state index contributed by atoms with van der Waals surface area (Å²) >= 11 is 6.31. The van der Waals surface area contributed by atoms with Crippen LogP contribution in [0.4, 0.5) is 0 Å². The number of primary amides is 1. The second-order valence-corrected chi connectivity index (χ2v) is 5.75. The molecule has 0 radical (unpaired) electrons. The van der Waals surface area contributed by atoms with E-state index < -0.39 is 0 Å². The number of amides is 1. The summed E-state index contributed by atoms with van der Waals surface area (Å²) in [5.41, 5.74) is 7.74. The Morgan fingerprint density at radius 2 is 1.50 bits per heavy atom. The molecule has 1 amide bonds. The molecule has 2 nitrogen and oxygen atoms in total. The van der Waals surface area contributed by atoms with Gasteiger partial charge in [-0.15, -0.1) is 11.6 Å². The minimum absolute atomic E-state index is 0.107. The summed E-state index contributed by atoms with van der Waals surface area (Å²) in [5, 5.41) is -0.271. The lowest BCUT2D eigenvalue weighted by Gasteiger charge is -2.22. The number of alkyl halides is 1. The largest absolute Gasteiger partial charge is 0.369 e. The number of hydrogen-bond donors (Lipinski definition) is 1. The smallest absolute Gasteiger partial charge is 0.221 e. The van der Waals surface area contributed by atoms with Gasteiger partial charge in [0.15, 0.2) is 0 Å². The molecule has 0 aliphatic heterocycles. The van der Waals surface area contributed by atoms with Crippen molar-refractivity contribution in [3.63, 3.8) is 0 Å². The number of nitrogens with two attached hydrogens (primary N) is 1. The Kier molecular flexibility index (Phi) is 5.21. The molecule has 0 spiro atoms. The topological polar surface area (TPSA) is 43.1 Å². The zero-order valence-electron chi connectivity index (χ0n) is 11.5. The first kappa shape index (κ1) is 15.0. The van der Waals surface area contributed by atoms with Gasteiger partial charge in [-0.05, 0) is 23.0 Å². The average Bonchev–Trinajstić information content (AvgIpc) is 2.36. The van der Waals surface area contributed by atoms with Gasteiger partial charge in [0.05, 0.1) is 11.3 Å². The highest BCUT2D eigenvalue weighted by molar-refractivity contribution is 6.22. The molecule has 1 aromatic carbocycles. The highest BCUT2D eigenvalue weighted by atomic mass is 35.5. The van der Waals surface area contributed by atoms with Crippen molar-refractivity contribution in [1.82, 2.24) is 0 Å². The van der Waals surface area contributed by atoms with E-state index in [2.05, 4.69) is 38.1 Å². The summed E-state index contributed by atoms with van der Waals surface area (Å²) in [6, 6.07) is 8.41. The second kappa shape index (κ2) is 6.24. The van der Waals surface area contributed by atoms with Gasteiger partial charge >= 0.3 is 0 Å². The SMILES string of the molecule is CC(C)c1ccc(C(C)C(Cl)C(C)C(N)=O)cc1. The number of halogens is 1. The molecule has 100 valence electrons. The summed E-state index contributed by atoms with van der Waals surface area (Å²) in [7, 11) is 0. The summed E-state index contributed by atoms with van der Waals surface area (Å²) in [4.78, 5) is 11.2. The zero-order valence-corrected chi connectivity index (χ0v) is 12.2. The van der Waals surface area contributed by atoms with E-state index in [1.165, 1.54) is 5.56 Å². The third-order valence-electron chi connectivity index (χ3n) is 3.53. The minimum Gasteiger partial charge on any atom is -0.369 e. The monoisotopic (exact) mass is 267 g/mol. The maximum Gasteiger partial charge on any atom is 0.221 e. The van der Waals surface area contributed by atoms with Gasteiger partial charge in [-0.3, -0.25) is 4.79 Å². The summed E-state index contributed by atoms with van der Waals surface area (Å²) in [5.74, 6) is -0.0480. The maximum atomic E-state index is 11.2. The molecule has 2 N–H and O–H groups in total. The Morgan fingerprint density at radius 1 is 1.06 bits per heavy atom. The molecule has 3 heteroatoms. The molecular weight excluding hydrogens is 246 g/mol. The molecule has 0 saturated carbocycles. The summed E-state index contributed by atoms with van der Waals surface area (Å²) < 4.78 is 0. The normalized spacial score (nSPS) is 16.3. The Labute approximate surface area is 115 Å². The predicted molar refractivity (Wildman–Crippen MR) is 76.9 cm³/mol. The Hall–Kier alpha value is -1.02. The van der Waals surface area contributed by atoms with E-state index in [-0.39, 0.29) is 23.1 Å². The Balaban J connectivity index is 2.83. The number of rotatable bonds is 5. The van der Waals surface area contributed by atoms with Crippen molar-refractivity contribution < 1.29 is 4.79 Å². The molecule has 0 aliphatic carbocycles. The van der Waals surface area contributed by atoms with Gasteiger partial charge in [-0.25, -0.2) is 0 Å². The lowest BCUT2D eigenvalue weighted by molar-refractivity contribution is -0.121. The Morgan fingerprint density at radius 3 is 1.89 bits per heavy atom. The van der Waals surface area contributed by atoms with Crippen LogP contribution < -0.4 is 5.73 Å².